The van der Waals surface area contributed by atoms with Crippen molar-refractivity contribution in [2.45, 2.75) is 30.7 Å². The number of aliphatic hydroxyl groups excluding tert-OH is 3. The molecule has 1 aliphatic rings. The molecule has 1 fully saturated rings. The van der Waals surface area contributed by atoms with Crippen LogP contribution in [-0.4, -0.2) is 57.1 Å². The largest absolute Gasteiger partial charge is 0.479 e. The molecule has 0 bridgehead atoms. The standard InChI is InChI=1S/C12H15NO7/c13-5-1-3-6(4-2-5)19-12-9(16)7(14)8(15)10(20-12)11(17)18/h1-4,7-10,12,14-16H,13H2,(H,17,18)/t7-,8-,9+,10-,12+/m0/s1. The van der Waals surface area contributed by atoms with Gasteiger partial charge in [-0.3, -0.25) is 0 Å². The number of carboxylic acid groups (broad SMARTS) is 1. The highest BCUT2D eigenvalue weighted by molar-refractivity contribution is 5.73. The van der Waals surface area contributed by atoms with Crippen molar-refractivity contribution < 1.29 is 34.7 Å². The van der Waals surface area contributed by atoms with E-state index in [9.17, 15) is 20.1 Å². The monoisotopic (exact) mass is 285 g/mol. The highest BCUT2D eigenvalue weighted by Crippen LogP contribution is 2.24. The van der Waals surface area contributed by atoms with E-state index in [-0.39, 0.29) is 5.75 Å². The van der Waals surface area contributed by atoms with Gasteiger partial charge in [-0.25, -0.2) is 4.79 Å². The number of aliphatic hydroxyl groups is 3. The van der Waals surface area contributed by atoms with Gasteiger partial charge in [0.1, 0.15) is 24.1 Å². The first kappa shape index (κ1) is 14.5. The van der Waals surface area contributed by atoms with Gasteiger partial charge in [-0.05, 0) is 24.3 Å². The van der Waals surface area contributed by atoms with E-state index >= 15 is 0 Å². The Kier molecular flexibility index (Phi) is 4.09. The number of carbonyl (C=O) groups is 1. The number of anilines is 1. The first-order chi connectivity index (χ1) is 9.40. The van der Waals surface area contributed by atoms with Crippen molar-refractivity contribution in [3.05, 3.63) is 24.3 Å². The van der Waals surface area contributed by atoms with Crippen LogP contribution in [0.15, 0.2) is 24.3 Å². The predicted molar refractivity (Wildman–Crippen MR) is 65.8 cm³/mol. The van der Waals surface area contributed by atoms with Gasteiger partial charge in [-0.2, -0.15) is 0 Å². The molecule has 1 heterocycles. The molecule has 110 valence electrons. The minimum Gasteiger partial charge on any atom is -0.479 e. The maximum absolute atomic E-state index is 10.9. The highest BCUT2D eigenvalue weighted by Gasteiger charge is 2.48. The zero-order valence-corrected chi connectivity index (χ0v) is 10.3. The molecule has 8 heteroatoms. The fourth-order valence-corrected chi connectivity index (χ4v) is 1.83. The molecule has 0 saturated carbocycles. The Hall–Kier alpha value is -1.87. The van der Waals surface area contributed by atoms with E-state index in [0.29, 0.717) is 5.69 Å². The van der Waals surface area contributed by atoms with Crippen LogP contribution in [0.2, 0.25) is 0 Å². The Balaban J connectivity index is 2.13. The number of rotatable bonds is 3. The topological polar surface area (TPSA) is 142 Å². The molecular formula is C12H15NO7. The van der Waals surface area contributed by atoms with Crippen molar-refractivity contribution >= 4 is 11.7 Å². The molecule has 20 heavy (non-hydrogen) atoms. The van der Waals surface area contributed by atoms with Gasteiger partial charge in [-0.15, -0.1) is 0 Å². The zero-order chi connectivity index (χ0) is 14.9. The van der Waals surface area contributed by atoms with Crippen LogP contribution in [0.1, 0.15) is 0 Å². The predicted octanol–water partition coefficient (Wildman–Crippen LogP) is -1.46. The summed E-state index contributed by atoms with van der Waals surface area (Å²) in [6, 6.07) is 6.09. The quantitative estimate of drug-likeness (QED) is 0.424. The summed E-state index contributed by atoms with van der Waals surface area (Å²) in [7, 11) is 0. The Morgan fingerprint density at radius 3 is 2.25 bits per heavy atom. The zero-order valence-electron chi connectivity index (χ0n) is 10.3. The second kappa shape index (κ2) is 5.63. The number of aliphatic carboxylic acids is 1. The molecule has 0 radical (unpaired) electrons. The molecule has 1 aliphatic heterocycles. The Labute approximate surface area is 114 Å². The number of nitrogen functional groups attached to an aromatic ring is 1. The highest BCUT2D eigenvalue weighted by atomic mass is 16.7. The molecule has 2 rings (SSSR count). The van der Waals surface area contributed by atoms with Crippen LogP contribution in [0.5, 0.6) is 5.75 Å². The van der Waals surface area contributed by atoms with Crippen LogP contribution in [0.4, 0.5) is 5.69 Å². The molecule has 6 N–H and O–H groups in total. The Bertz CT molecular complexity index is 477. The number of carboxylic acids is 1. The smallest absolute Gasteiger partial charge is 0.335 e. The summed E-state index contributed by atoms with van der Waals surface area (Å²) in [6.45, 7) is 0. The second-order valence-corrected chi connectivity index (χ2v) is 4.42. The van der Waals surface area contributed by atoms with Gasteiger partial charge in [0.15, 0.2) is 6.10 Å². The second-order valence-electron chi connectivity index (χ2n) is 4.42. The van der Waals surface area contributed by atoms with E-state index in [1.54, 1.807) is 12.1 Å². The van der Waals surface area contributed by atoms with Gasteiger partial charge in [0.25, 0.3) is 0 Å². The van der Waals surface area contributed by atoms with E-state index in [2.05, 4.69) is 0 Å². The normalized spacial score (nSPS) is 33.6. The number of nitrogens with two attached hydrogens (primary N) is 1. The van der Waals surface area contributed by atoms with E-state index in [0.717, 1.165) is 0 Å². The lowest BCUT2D eigenvalue weighted by atomic mass is 9.99. The summed E-state index contributed by atoms with van der Waals surface area (Å²) in [5.41, 5.74) is 6.00. The molecule has 1 aromatic carbocycles. The molecular weight excluding hydrogens is 270 g/mol. The van der Waals surface area contributed by atoms with Crippen LogP contribution < -0.4 is 10.5 Å². The number of hydrogen-bond donors (Lipinski definition) is 5. The summed E-state index contributed by atoms with van der Waals surface area (Å²) in [5.74, 6) is -1.19. The molecule has 1 aromatic rings. The Morgan fingerprint density at radius 1 is 1.10 bits per heavy atom. The molecule has 0 spiro atoms. The third-order valence-corrected chi connectivity index (χ3v) is 2.95. The van der Waals surface area contributed by atoms with Crippen LogP contribution in [0, 0.1) is 0 Å². The molecule has 0 unspecified atom stereocenters. The van der Waals surface area contributed by atoms with Crippen molar-refractivity contribution in [1.29, 1.82) is 0 Å². The van der Waals surface area contributed by atoms with E-state index < -0.39 is 36.7 Å². The first-order valence-corrected chi connectivity index (χ1v) is 5.85. The van der Waals surface area contributed by atoms with Gasteiger partial charge in [0, 0.05) is 5.69 Å². The van der Waals surface area contributed by atoms with Gasteiger partial charge in [0.2, 0.25) is 6.29 Å². The summed E-state index contributed by atoms with van der Waals surface area (Å²) in [5, 5.41) is 37.8. The van der Waals surface area contributed by atoms with Crippen molar-refractivity contribution in [2.75, 3.05) is 5.73 Å². The lowest BCUT2D eigenvalue weighted by Crippen LogP contribution is -2.61. The summed E-state index contributed by atoms with van der Waals surface area (Å²) in [6.07, 6.45) is -8.12. The molecule has 0 aliphatic carbocycles. The number of ether oxygens (including phenoxy) is 2. The van der Waals surface area contributed by atoms with Crippen molar-refractivity contribution in [3.8, 4) is 5.75 Å². The lowest BCUT2D eigenvalue weighted by Gasteiger charge is -2.38. The lowest BCUT2D eigenvalue weighted by molar-refractivity contribution is -0.271. The Morgan fingerprint density at radius 2 is 1.70 bits per heavy atom. The van der Waals surface area contributed by atoms with Crippen LogP contribution in [-0.2, 0) is 9.53 Å². The molecule has 0 amide bonds. The van der Waals surface area contributed by atoms with E-state index in [4.69, 9.17) is 20.3 Å². The average molecular weight is 285 g/mol. The fourth-order valence-electron chi connectivity index (χ4n) is 1.83. The molecule has 5 atom stereocenters. The van der Waals surface area contributed by atoms with Gasteiger partial charge < -0.3 is 35.6 Å². The van der Waals surface area contributed by atoms with Gasteiger partial charge in [-0.1, -0.05) is 0 Å². The first-order valence-electron chi connectivity index (χ1n) is 5.85. The SMILES string of the molecule is Nc1ccc(O[C@@H]2O[C@H](C(=O)O)[C@@H](O)[C@H](O)[C@H]2O)cc1. The number of benzene rings is 1. The van der Waals surface area contributed by atoms with Crippen molar-refractivity contribution in [1.82, 2.24) is 0 Å². The van der Waals surface area contributed by atoms with Crippen LogP contribution >= 0.6 is 0 Å². The fraction of sp³-hybridized carbons (Fsp3) is 0.417. The average Bonchev–Trinajstić information content (AvgIpc) is 2.41. The molecule has 0 aromatic heterocycles. The molecule has 8 nitrogen and oxygen atoms in total. The van der Waals surface area contributed by atoms with E-state index in [1.165, 1.54) is 12.1 Å². The van der Waals surface area contributed by atoms with Crippen LogP contribution in [0.3, 0.4) is 0 Å². The van der Waals surface area contributed by atoms with Crippen LogP contribution in [0.25, 0.3) is 0 Å². The third-order valence-electron chi connectivity index (χ3n) is 2.95. The van der Waals surface area contributed by atoms with E-state index in [1.807, 2.05) is 0 Å². The van der Waals surface area contributed by atoms with Gasteiger partial charge >= 0.3 is 5.97 Å². The van der Waals surface area contributed by atoms with Gasteiger partial charge in [0.05, 0.1) is 0 Å². The summed E-state index contributed by atoms with van der Waals surface area (Å²) < 4.78 is 10.2. The molecule has 1 saturated heterocycles. The third kappa shape index (κ3) is 2.83. The maximum atomic E-state index is 10.9. The maximum Gasteiger partial charge on any atom is 0.335 e. The summed E-state index contributed by atoms with van der Waals surface area (Å²) >= 11 is 0. The minimum absolute atomic E-state index is 0.274. The van der Waals surface area contributed by atoms with Crippen molar-refractivity contribution in [3.63, 3.8) is 0 Å². The summed E-state index contributed by atoms with van der Waals surface area (Å²) in [4.78, 5) is 10.9. The minimum atomic E-state index is -1.74. The number of hydrogen-bond acceptors (Lipinski definition) is 7. The van der Waals surface area contributed by atoms with Crippen molar-refractivity contribution in [2.24, 2.45) is 0 Å².